The molecule has 0 aliphatic rings. The molecule has 0 atom stereocenters. The van der Waals surface area contributed by atoms with E-state index >= 15 is 0 Å². The van der Waals surface area contributed by atoms with Crippen molar-refractivity contribution in [2.75, 3.05) is 4.72 Å². The van der Waals surface area contributed by atoms with Crippen molar-refractivity contribution < 1.29 is 13.2 Å². The number of nitrogens with zero attached hydrogens (tertiary/aromatic N) is 2. The molecule has 0 unspecified atom stereocenters. The molecule has 1 aromatic heterocycles. The minimum atomic E-state index is -4.17. The Bertz CT molecular complexity index is 1620. The standard InChI is InChI=1S/C25H17Cl2N3O3S/c26-19-8-5-9-20(27)23(19)34(31,32)30-24-25(29-22-11-4-3-10-21(22)28-24)33-15-16-12-13-17-6-1-2-7-18(17)14-16/h1-14H,15H2,(H,28,30). The van der Waals surface area contributed by atoms with E-state index in [0.717, 1.165) is 16.3 Å². The van der Waals surface area contributed by atoms with Crippen LogP contribution < -0.4 is 9.46 Å². The van der Waals surface area contributed by atoms with Crippen LogP contribution in [0.25, 0.3) is 21.8 Å². The zero-order valence-electron chi connectivity index (χ0n) is 17.6. The van der Waals surface area contributed by atoms with Gasteiger partial charge in [-0.05, 0) is 46.7 Å². The van der Waals surface area contributed by atoms with Crippen molar-refractivity contribution in [1.29, 1.82) is 0 Å². The number of fused-ring (bicyclic) bond motifs is 2. The average molecular weight is 510 g/mol. The lowest BCUT2D eigenvalue weighted by Gasteiger charge is -2.14. The number of aromatic nitrogens is 2. The number of sulfonamides is 1. The summed E-state index contributed by atoms with van der Waals surface area (Å²) >= 11 is 12.3. The number of nitrogens with one attached hydrogen (secondary N) is 1. The number of para-hydroxylation sites is 2. The lowest BCUT2D eigenvalue weighted by atomic mass is 10.1. The van der Waals surface area contributed by atoms with Gasteiger partial charge >= 0.3 is 0 Å². The van der Waals surface area contributed by atoms with Crippen molar-refractivity contribution in [3.05, 3.63) is 101 Å². The topological polar surface area (TPSA) is 81.2 Å². The van der Waals surface area contributed by atoms with Crippen LogP contribution in [0.5, 0.6) is 5.88 Å². The predicted molar refractivity (Wildman–Crippen MR) is 135 cm³/mol. The Hall–Kier alpha value is -3.39. The van der Waals surface area contributed by atoms with E-state index in [4.69, 9.17) is 27.9 Å². The number of anilines is 1. The fourth-order valence-electron chi connectivity index (χ4n) is 3.55. The summed E-state index contributed by atoms with van der Waals surface area (Å²) in [6, 6.07) is 25.5. The molecule has 34 heavy (non-hydrogen) atoms. The Morgan fingerprint density at radius 1 is 0.765 bits per heavy atom. The second-order valence-electron chi connectivity index (χ2n) is 7.49. The van der Waals surface area contributed by atoms with Gasteiger partial charge < -0.3 is 4.74 Å². The van der Waals surface area contributed by atoms with Gasteiger partial charge in [-0.1, -0.05) is 77.8 Å². The highest BCUT2D eigenvalue weighted by molar-refractivity contribution is 7.93. The van der Waals surface area contributed by atoms with Crippen molar-refractivity contribution in [2.24, 2.45) is 0 Å². The van der Waals surface area contributed by atoms with Crippen LogP contribution in [0.4, 0.5) is 5.82 Å². The van der Waals surface area contributed by atoms with Gasteiger partial charge in [0.05, 0.1) is 21.1 Å². The summed E-state index contributed by atoms with van der Waals surface area (Å²) in [6.45, 7) is 0.166. The molecular formula is C25H17Cl2N3O3S. The zero-order chi connectivity index (χ0) is 23.7. The smallest absolute Gasteiger partial charge is 0.266 e. The van der Waals surface area contributed by atoms with E-state index < -0.39 is 10.0 Å². The van der Waals surface area contributed by atoms with Crippen LogP contribution in [0.1, 0.15) is 5.56 Å². The maximum Gasteiger partial charge on any atom is 0.266 e. The predicted octanol–water partition coefficient (Wildman–Crippen LogP) is 6.47. The molecule has 5 rings (SSSR count). The fourth-order valence-corrected chi connectivity index (χ4v) is 5.69. The first kappa shape index (κ1) is 22.4. The van der Waals surface area contributed by atoms with Crippen LogP contribution in [-0.2, 0) is 16.6 Å². The highest BCUT2D eigenvalue weighted by Gasteiger charge is 2.25. The SMILES string of the molecule is O=S(=O)(Nc1nc2ccccc2nc1OCc1ccc2ccccc2c1)c1c(Cl)cccc1Cl. The third kappa shape index (κ3) is 4.50. The van der Waals surface area contributed by atoms with Gasteiger partial charge in [-0.25, -0.2) is 18.4 Å². The molecule has 1 N–H and O–H groups in total. The Kier molecular flexibility index (Phi) is 6.00. The van der Waals surface area contributed by atoms with E-state index in [9.17, 15) is 8.42 Å². The van der Waals surface area contributed by atoms with E-state index in [-0.39, 0.29) is 33.2 Å². The number of hydrogen-bond donors (Lipinski definition) is 1. The molecule has 0 radical (unpaired) electrons. The van der Waals surface area contributed by atoms with Crippen molar-refractivity contribution in [1.82, 2.24) is 9.97 Å². The molecule has 0 fully saturated rings. The molecule has 0 aliphatic carbocycles. The Morgan fingerprint density at radius 2 is 1.41 bits per heavy atom. The summed E-state index contributed by atoms with van der Waals surface area (Å²) in [5.41, 5.74) is 1.97. The van der Waals surface area contributed by atoms with Gasteiger partial charge in [-0.3, -0.25) is 4.72 Å². The highest BCUT2D eigenvalue weighted by atomic mass is 35.5. The third-order valence-corrected chi connectivity index (χ3v) is 7.44. The molecule has 9 heteroatoms. The van der Waals surface area contributed by atoms with Gasteiger partial charge in [0, 0.05) is 0 Å². The number of halogens is 2. The van der Waals surface area contributed by atoms with Gasteiger partial charge in [-0.2, -0.15) is 0 Å². The average Bonchev–Trinajstić information content (AvgIpc) is 2.82. The monoisotopic (exact) mass is 509 g/mol. The lowest BCUT2D eigenvalue weighted by molar-refractivity contribution is 0.296. The summed E-state index contributed by atoms with van der Waals surface area (Å²) in [6.07, 6.45) is 0. The largest absolute Gasteiger partial charge is 0.470 e. The van der Waals surface area contributed by atoms with E-state index in [1.165, 1.54) is 12.1 Å². The van der Waals surface area contributed by atoms with Crippen LogP contribution in [0.2, 0.25) is 10.0 Å². The summed E-state index contributed by atoms with van der Waals surface area (Å²) in [4.78, 5) is 8.70. The van der Waals surface area contributed by atoms with Crippen molar-refractivity contribution in [3.63, 3.8) is 0 Å². The number of ether oxygens (including phenoxy) is 1. The molecule has 0 bridgehead atoms. The molecule has 0 spiro atoms. The summed E-state index contributed by atoms with van der Waals surface area (Å²) < 4.78 is 34.7. The minimum absolute atomic E-state index is 0.00706. The van der Waals surface area contributed by atoms with E-state index in [1.54, 1.807) is 24.3 Å². The van der Waals surface area contributed by atoms with E-state index in [0.29, 0.717) is 11.0 Å². The summed E-state index contributed by atoms with van der Waals surface area (Å²) in [5, 5.41) is 2.17. The van der Waals surface area contributed by atoms with Crippen molar-refractivity contribution in [2.45, 2.75) is 11.5 Å². The molecule has 6 nitrogen and oxygen atoms in total. The normalized spacial score (nSPS) is 11.6. The second kappa shape index (κ2) is 9.10. The van der Waals surface area contributed by atoms with Gasteiger partial charge in [0.2, 0.25) is 5.82 Å². The van der Waals surface area contributed by atoms with Crippen LogP contribution in [0.15, 0.2) is 89.8 Å². The van der Waals surface area contributed by atoms with Gasteiger partial charge in [0.1, 0.15) is 11.5 Å². The first-order valence-corrected chi connectivity index (χ1v) is 12.5. The second-order valence-corrected chi connectivity index (χ2v) is 9.93. The zero-order valence-corrected chi connectivity index (χ0v) is 19.9. The molecule has 1 heterocycles. The molecule has 0 saturated carbocycles. The molecule has 0 saturated heterocycles. The molecular weight excluding hydrogens is 493 g/mol. The van der Waals surface area contributed by atoms with Gasteiger partial charge in [-0.15, -0.1) is 0 Å². The fraction of sp³-hybridized carbons (Fsp3) is 0.0400. The Balaban J connectivity index is 1.52. The first-order chi connectivity index (χ1) is 16.4. The van der Waals surface area contributed by atoms with E-state index in [2.05, 4.69) is 14.7 Å². The molecule has 0 amide bonds. The number of benzene rings is 4. The van der Waals surface area contributed by atoms with Crippen LogP contribution in [-0.4, -0.2) is 18.4 Å². The maximum absolute atomic E-state index is 13.1. The Labute approximate surface area is 206 Å². The summed E-state index contributed by atoms with van der Waals surface area (Å²) in [5.74, 6) is -0.0194. The van der Waals surface area contributed by atoms with Crippen LogP contribution in [0, 0.1) is 0 Å². The minimum Gasteiger partial charge on any atom is -0.470 e. The van der Waals surface area contributed by atoms with E-state index in [1.807, 2.05) is 48.5 Å². The van der Waals surface area contributed by atoms with Crippen molar-refractivity contribution >= 4 is 60.8 Å². The number of hydrogen-bond acceptors (Lipinski definition) is 5. The van der Waals surface area contributed by atoms with Crippen molar-refractivity contribution in [3.8, 4) is 5.88 Å². The first-order valence-electron chi connectivity index (χ1n) is 10.2. The molecule has 0 aliphatic heterocycles. The Morgan fingerprint density at radius 3 is 2.15 bits per heavy atom. The number of rotatable bonds is 6. The molecule has 170 valence electrons. The maximum atomic E-state index is 13.1. The quantitative estimate of drug-likeness (QED) is 0.283. The summed E-state index contributed by atoms with van der Waals surface area (Å²) in [7, 11) is -4.17. The molecule has 5 aromatic rings. The van der Waals surface area contributed by atoms with Gasteiger partial charge in [0.25, 0.3) is 15.9 Å². The highest BCUT2D eigenvalue weighted by Crippen LogP contribution is 2.33. The lowest BCUT2D eigenvalue weighted by Crippen LogP contribution is -2.16. The third-order valence-electron chi connectivity index (χ3n) is 5.15. The van der Waals surface area contributed by atoms with Crippen LogP contribution in [0.3, 0.4) is 0 Å². The van der Waals surface area contributed by atoms with Gasteiger partial charge in [0.15, 0.2) is 0 Å². The molecule has 4 aromatic carbocycles. The van der Waals surface area contributed by atoms with Crippen LogP contribution >= 0.6 is 23.2 Å².